The number of ketones is 1. The molecule has 0 aliphatic carbocycles. The van der Waals surface area contributed by atoms with Crippen molar-refractivity contribution in [3.05, 3.63) is 59.2 Å². The Labute approximate surface area is 200 Å². The van der Waals surface area contributed by atoms with Crippen LogP contribution in [-0.2, 0) is 9.59 Å². The fraction of sp³-hybridized carbons (Fsp3) is 0.385. The SMILES string of the molecule is CCOc1cccc(/C(O)=C2\C(=O)C(=O)N(CCCN(C)C)C2c2ccc(O)c(OCC)c2)c1. The van der Waals surface area contributed by atoms with Crippen LogP contribution in [0, 0.1) is 0 Å². The van der Waals surface area contributed by atoms with Crippen LogP contribution in [0.3, 0.4) is 0 Å². The number of phenols is 1. The third-order valence-corrected chi connectivity index (χ3v) is 5.56. The van der Waals surface area contributed by atoms with Gasteiger partial charge in [0.15, 0.2) is 11.5 Å². The van der Waals surface area contributed by atoms with Gasteiger partial charge < -0.3 is 29.5 Å². The van der Waals surface area contributed by atoms with Crippen molar-refractivity contribution < 1.29 is 29.3 Å². The molecule has 3 rings (SSSR count). The van der Waals surface area contributed by atoms with Crippen molar-refractivity contribution in [1.29, 1.82) is 0 Å². The first-order valence-electron chi connectivity index (χ1n) is 11.4. The number of rotatable bonds is 10. The van der Waals surface area contributed by atoms with Crippen LogP contribution in [0.25, 0.3) is 5.76 Å². The maximum atomic E-state index is 13.2. The van der Waals surface area contributed by atoms with Gasteiger partial charge in [-0.1, -0.05) is 18.2 Å². The highest BCUT2D eigenvalue weighted by molar-refractivity contribution is 6.46. The number of carbonyl (C=O) groups excluding carboxylic acids is 2. The number of benzene rings is 2. The molecule has 0 aromatic heterocycles. The number of aliphatic hydroxyl groups excluding tert-OH is 1. The summed E-state index contributed by atoms with van der Waals surface area (Å²) in [6.45, 7) is 5.50. The van der Waals surface area contributed by atoms with E-state index in [0.717, 1.165) is 6.54 Å². The van der Waals surface area contributed by atoms with Crippen LogP contribution >= 0.6 is 0 Å². The molecular weight excluding hydrogens is 436 g/mol. The Balaban J connectivity index is 2.13. The number of ether oxygens (including phenoxy) is 2. The van der Waals surface area contributed by atoms with E-state index in [9.17, 15) is 19.8 Å². The second kappa shape index (κ2) is 11.1. The summed E-state index contributed by atoms with van der Waals surface area (Å²) >= 11 is 0. The third-order valence-electron chi connectivity index (χ3n) is 5.56. The van der Waals surface area contributed by atoms with Gasteiger partial charge in [-0.3, -0.25) is 9.59 Å². The molecule has 1 amide bonds. The second-order valence-electron chi connectivity index (χ2n) is 8.27. The van der Waals surface area contributed by atoms with Crippen molar-refractivity contribution in [3.63, 3.8) is 0 Å². The molecule has 1 aliphatic rings. The third kappa shape index (κ3) is 5.34. The Kier molecular flexibility index (Phi) is 8.17. The van der Waals surface area contributed by atoms with Crippen molar-refractivity contribution in [2.75, 3.05) is 40.4 Å². The minimum Gasteiger partial charge on any atom is -0.507 e. The van der Waals surface area contributed by atoms with Gasteiger partial charge in [0.25, 0.3) is 11.7 Å². The number of Topliss-reactive ketones (excluding diaryl/α,β-unsaturated/α-hetero) is 1. The number of hydrogen-bond acceptors (Lipinski definition) is 7. The van der Waals surface area contributed by atoms with E-state index in [1.165, 1.54) is 11.0 Å². The summed E-state index contributed by atoms with van der Waals surface area (Å²) in [6, 6.07) is 10.7. The number of aromatic hydroxyl groups is 1. The summed E-state index contributed by atoms with van der Waals surface area (Å²) in [5, 5.41) is 21.4. The van der Waals surface area contributed by atoms with Gasteiger partial charge in [0, 0.05) is 12.1 Å². The quantitative estimate of drug-likeness (QED) is 0.312. The number of carbonyl (C=O) groups is 2. The van der Waals surface area contributed by atoms with Crippen LogP contribution in [0.15, 0.2) is 48.0 Å². The first-order valence-corrected chi connectivity index (χ1v) is 11.4. The Morgan fingerprint density at radius 3 is 2.47 bits per heavy atom. The van der Waals surface area contributed by atoms with E-state index in [4.69, 9.17) is 9.47 Å². The van der Waals surface area contributed by atoms with Gasteiger partial charge in [-0.05, 0) is 70.7 Å². The summed E-state index contributed by atoms with van der Waals surface area (Å²) in [7, 11) is 3.87. The van der Waals surface area contributed by atoms with Crippen molar-refractivity contribution in [1.82, 2.24) is 9.80 Å². The lowest BCUT2D eigenvalue weighted by Crippen LogP contribution is -2.32. The first-order chi connectivity index (χ1) is 16.3. The molecular formula is C26H32N2O6. The zero-order chi connectivity index (χ0) is 24.8. The van der Waals surface area contributed by atoms with Crippen LogP contribution in [0.1, 0.15) is 37.4 Å². The van der Waals surface area contributed by atoms with Crippen LogP contribution in [-0.4, -0.2) is 72.1 Å². The minimum atomic E-state index is -0.822. The van der Waals surface area contributed by atoms with Gasteiger partial charge in [0.2, 0.25) is 0 Å². The molecule has 0 bridgehead atoms. The van der Waals surface area contributed by atoms with Crippen molar-refractivity contribution in [2.24, 2.45) is 0 Å². The number of hydrogen-bond donors (Lipinski definition) is 2. The molecule has 0 radical (unpaired) electrons. The average molecular weight is 469 g/mol. The minimum absolute atomic E-state index is 0.00311. The molecule has 8 nitrogen and oxygen atoms in total. The summed E-state index contributed by atoms with van der Waals surface area (Å²) in [5.74, 6) is -0.938. The van der Waals surface area contributed by atoms with Gasteiger partial charge >= 0.3 is 0 Å². The van der Waals surface area contributed by atoms with Crippen LogP contribution in [0.4, 0.5) is 0 Å². The topological polar surface area (TPSA) is 99.5 Å². The lowest BCUT2D eigenvalue weighted by Gasteiger charge is -2.26. The lowest BCUT2D eigenvalue weighted by atomic mass is 9.95. The van der Waals surface area contributed by atoms with Crippen LogP contribution < -0.4 is 9.47 Å². The molecule has 1 saturated heterocycles. The Hall–Kier alpha value is -3.52. The smallest absolute Gasteiger partial charge is 0.295 e. The molecule has 0 saturated carbocycles. The maximum Gasteiger partial charge on any atom is 0.295 e. The highest BCUT2D eigenvalue weighted by atomic mass is 16.5. The van der Waals surface area contributed by atoms with Crippen molar-refractivity contribution in [3.8, 4) is 17.2 Å². The zero-order valence-electron chi connectivity index (χ0n) is 20.1. The fourth-order valence-corrected chi connectivity index (χ4v) is 4.04. The van der Waals surface area contributed by atoms with E-state index in [2.05, 4.69) is 0 Å². The Morgan fingerprint density at radius 2 is 1.79 bits per heavy atom. The lowest BCUT2D eigenvalue weighted by molar-refractivity contribution is -0.139. The summed E-state index contributed by atoms with van der Waals surface area (Å²) in [5.41, 5.74) is 0.940. The van der Waals surface area contributed by atoms with Gasteiger partial charge in [-0.2, -0.15) is 0 Å². The molecule has 2 N–H and O–H groups in total. The van der Waals surface area contributed by atoms with Gasteiger partial charge in [-0.15, -0.1) is 0 Å². The summed E-state index contributed by atoms with van der Waals surface area (Å²) in [4.78, 5) is 29.7. The molecule has 1 atom stereocenters. The molecule has 8 heteroatoms. The standard InChI is InChI=1S/C26H32N2O6/c1-5-33-19-10-7-9-18(15-19)24(30)22-23(17-11-12-20(29)21(16-17)34-6-2)28(26(32)25(22)31)14-8-13-27(3)4/h7,9-12,15-16,23,29-30H,5-6,8,13-14H2,1-4H3/b24-22+. The maximum absolute atomic E-state index is 13.2. The predicted molar refractivity (Wildman–Crippen MR) is 129 cm³/mol. The number of amides is 1. The molecule has 1 heterocycles. The molecule has 182 valence electrons. The molecule has 1 aliphatic heterocycles. The normalized spacial score (nSPS) is 17.4. The summed E-state index contributed by atoms with van der Waals surface area (Å²) in [6.07, 6.45) is 0.646. The largest absolute Gasteiger partial charge is 0.507 e. The predicted octanol–water partition coefficient (Wildman–Crippen LogP) is 3.56. The first kappa shape index (κ1) is 25.1. The highest BCUT2D eigenvalue weighted by Crippen LogP contribution is 2.42. The molecule has 1 unspecified atom stereocenters. The van der Waals surface area contributed by atoms with E-state index in [-0.39, 0.29) is 22.8 Å². The number of likely N-dealkylation sites (tertiary alicyclic amines) is 1. The van der Waals surface area contributed by atoms with Crippen molar-refractivity contribution >= 4 is 17.4 Å². The van der Waals surface area contributed by atoms with Crippen LogP contribution in [0.5, 0.6) is 17.2 Å². The number of aliphatic hydroxyl groups is 1. The number of nitrogens with zero attached hydrogens (tertiary/aromatic N) is 2. The second-order valence-corrected chi connectivity index (χ2v) is 8.27. The fourth-order valence-electron chi connectivity index (χ4n) is 4.04. The average Bonchev–Trinajstić information content (AvgIpc) is 3.05. The highest BCUT2D eigenvalue weighted by Gasteiger charge is 2.46. The van der Waals surface area contributed by atoms with Crippen LogP contribution in [0.2, 0.25) is 0 Å². The number of phenolic OH excluding ortho intramolecular Hbond substituents is 1. The van der Waals surface area contributed by atoms with E-state index < -0.39 is 17.7 Å². The summed E-state index contributed by atoms with van der Waals surface area (Å²) < 4.78 is 11.0. The molecule has 2 aromatic rings. The Bertz CT molecular complexity index is 1080. The van der Waals surface area contributed by atoms with Gasteiger partial charge in [0.1, 0.15) is 11.5 Å². The molecule has 0 spiro atoms. The molecule has 34 heavy (non-hydrogen) atoms. The van der Waals surface area contributed by atoms with Gasteiger partial charge in [0.05, 0.1) is 24.8 Å². The van der Waals surface area contributed by atoms with E-state index in [0.29, 0.717) is 43.1 Å². The zero-order valence-corrected chi connectivity index (χ0v) is 20.1. The Morgan fingerprint density at radius 1 is 1.06 bits per heavy atom. The van der Waals surface area contributed by atoms with Gasteiger partial charge in [-0.25, -0.2) is 0 Å². The van der Waals surface area contributed by atoms with E-state index in [1.807, 2.05) is 25.9 Å². The monoisotopic (exact) mass is 468 g/mol. The van der Waals surface area contributed by atoms with E-state index >= 15 is 0 Å². The van der Waals surface area contributed by atoms with Crippen molar-refractivity contribution in [2.45, 2.75) is 26.3 Å². The molecule has 1 fully saturated rings. The molecule has 2 aromatic carbocycles. The van der Waals surface area contributed by atoms with E-state index in [1.54, 1.807) is 43.3 Å².